The van der Waals surface area contributed by atoms with Crippen LogP contribution >= 0.6 is 11.8 Å². The Morgan fingerprint density at radius 1 is 1.41 bits per heavy atom. The molecule has 1 aliphatic rings. The fourth-order valence-electron chi connectivity index (χ4n) is 1.94. The van der Waals surface area contributed by atoms with Gasteiger partial charge in [-0.1, -0.05) is 6.08 Å². The van der Waals surface area contributed by atoms with Gasteiger partial charge in [-0.3, -0.25) is 4.79 Å². The smallest absolute Gasteiger partial charge is 0.243 e. The number of thioether (sulfide) groups is 1. The van der Waals surface area contributed by atoms with Gasteiger partial charge in [-0.05, 0) is 37.1 Å². The number of carbonyl (C=O) groups excluding carboxylic acids is 1. The second-order valence-corrected chi connectivity index (χ2v) is 8.16. The fourth-order valence-corrected chi connectivity index (χ4v) is 3.90. The Morgan fingerprint density at radius 3 is 2.59 bits per heavy atom. The first-order valence-corrected chi connectivity index (χ1v) is 9.61. The van der Waals surface area contributed by atoms with Crippen molar-refractivity contribution in [1.29, 1.82) is 0 Å². The number of rotatable bonds is 8. The van der Waals surface area contributed by atoms with Crippen molar-refractivity contribution in [2.75, 3.05) is 23.9 Å². The standard InChI is InChI=1S/C15H20N2O3S2/c1-3-10-21-11-15(18)16-12-4-8-14(9-5-12)22(19,20)17(2)13-6-7-13/h3-5,8-9,13H,1,6-7,10-11H2,2H3,(H,16,18). The van der Waals surface area contributed by atoms with Crippen LogP contribution in [0.1, 0.15) is 12.8 Å². The molecule has 22 heavy (non-hydrogen) atoms. The normalized spacial score (nSPS) is 14.8. The summed E-state index contributed by atoms with van der Waals surface area (Å²) in [6.07, 6.45) is 3.59. The molecular weight excluding hydrogens is 320 g/mol. The van der Waals surface area contributed by atoms with E-state index in [0.29, 0.717) is 11.4 Å². The van der Waals surface area contributed by atoms with Crippen LogP contribution in [0.15, 0.2) is 41.8 Å². The van der Waals surface area contributed by atoms with Crippen molar-refractivity contribution in [2.45, 2.75) is 23.8 Å². The van der Waals surface area contributed by atoms with Crippen molar-refractivity contribution in [3.63, 3.8) is 0 Å². The van der Waals surface area contributed by atoms with Gasteiger partial charge >= 0.3 is 0 Å². The third kappa shape index (κ3) is 4.34. The SMILES string of the molecule is C=CCSCC(=O)Nc1ccc(S(=O)(=O)N(C)C2CC2)cc1. The number of amides is 1. The summed E-state index contributed by atoms with van der Waals surface area (Å²) in [6, 6.07) is 6.42. The van der Waals surface area contributed by atoms with E-state index in [0.717, 1.165) is 18.6 Å². The minimum atomic E-state index is -3.43. The lowest BCUT2D eigenvalue weighted by Crippen LogP contribution is -2.28. The molecule has 0 unspecified atom stereocenters. The van der Waals surface area contributed by atoms with Crippen LogP contribution in [-0.2, 0) is 14.8 Å². The number of benzene rings is 1. The molecule has 1 aliphatic carbocycles. The molecule has 1 fully saturated rings. The molecule has 0 radical (unpaired) electrons. The third-order valence-corrected chi connectivity index (χ3v) is 6.21. The predicted octanol–water partition coefficient (Wildman–Crippen LogP) is 2.33. The van der Waals surface area contributed by atoms with Crippen LogP contribution in [-0.4, -0.2) is 43.2 Å². The lowest BCUT2D eigenvalue weighted by Gasteiger charge is -2.16. The quantitative estimate of drug-likeness (QED) is 0.583. The molecule has 0 spiro atoms. The Bertz CT molecular complexity index is 637. The highest BCUT2D eigenvalue weighted by atomic mass is 32.2. The molecule has 0 saturated heterocycles. The molecule has 0 atom stereocenters. The molecule has 0 bridgehead atoms. The van der Waals surface area contributed by atoms with Crippen molar-refractivity contribution in [3.8, 4) is 0 Å². The van der Waals surface area contributed by atoms with Gasteiger partial charge in [0.05, 0.1) is 10.6 Å². The van der Waals surface area contributed by atoms with Crippen LogP contribution in [0.2, 0.25) is 0 Å². The molecule has 1 amide bonds. The lowest BCUT2D eigenvalue weighted by atomic mass is 10.3. The molecule has 0 aromatic heterocycles. The minimum absolute atomic E-state index is 0.113. The molecule has 1 aromatic rings. The first kappa shape index (κ1) is 17.1. The second-order valence-electron chi connectivity index (χ2n) is 5.13. The number of anilines is 1. The Labute approximate surface area is 135 Å². The summed E-state index contributed by atoms with van der Waals surface area (Å²) < 4.78 is 26.1. The van der Waals surface area contributed by atoms with Crippen LogP contribution in [0.3, 0.4) is 0 Å². The van der Waals surface area contributed by atoms with Gasteiger partial charge in [0.15, 0.2) is 0 Å². The number of hydrogen-bond acceptors (Lipinski definition) is 4. The highest BCUT2D eigenvalue weighted by Gasteiger charge is 2.34. The number of hydrogen-bond donors (Lipinski definition) is 1. The molecule has 5 nitrogen and oxygen atoms in total. The van der Waals surface area contributed by atoms with E-state index in [9.17, 15) is 13.2 Å². The van der Waals surface area contributed by atoms with Crippen LogP contribution in [0, 0.1) is 0 Å². The van der Waals surface area contributed by atoms with E-state index in [1.165, 1.54) is 28.2 Å². The van der Waals surface area contributed by atoms with Crippen LogP contribution < -0.4 is 5.32 Å². The summed E-state index contributed by atoms with van der Waals surface area (Å²) in [5, 5.41) is 2.74. The zero-order chi connectivity index (χ0) is 16.2. The van der Waals surface area contributed by atoms with Crippen molar-refractivity contribution in [1.82, 2.24) is 4.31 Å². The first-order chi connectivity index (χ1) is 10.4. The maximum atomic E-state index is 12.3. The minimum Gasteiger partial charge on any atom is -0.325 e. The molecule has 2 rings (SSSR count). The highest BCUT2D eigenvalue weighted by Crippen LogP contribution is 2.30. The zero-order valence-corrected chi connectivity index (χ0v) is 14.1. The van der Waals surface area contributed by atoms with E-state index in [1.807, 2.05) is 0 Å². The highest BCUT2D eigenvalue weighted by molar-refractivity contribution is 8.00. The first-order valence-electron chi connectivity index (χ1n) is 7.01. The van der Waals surface area contributed by atoms with Gasteiger partial charge in [0.25, 0.3) is 0 Å². The van der Waals surface area contributed by atoms with E-state index in [2.05, 4.69) is 11.9 Å². The number of nitrogens with one attached hydrogen (secondary N) is 1. The van der Waals surface area contributed by atoms with Gasteiger partial charge in [-0.15, -0.1) is 18.3 Å². The molecule has 0 heterocycles. The van der Waals surface area contributed by atoms with Gasteiger partial charge in [0.2, 0.25) is 15.9 Å². The maximum absolute atomic E-state index is 12.3. The Kier molecular flexibility index (Phi) is 5.66. The summed E-state index contributed by atoms with van der Waals surface area (Å²) >= 11 is 1.47. The Morgan fingerprint density at radius 2 is 2.05 bits per heavy atom. The topological polar surface area (TPSA) is 66.5 Å². The van der Waals surface area contributed by atoms with E-state index >= 15 is 0 Å². The van der Waals surface area contributed by atoms with Crippen molar-refractivity contribution in [3.05, 3.63) is 36.9 Å². The van der Waals surface area contributed by atoms with Crippen molar-refractivity contribution in [2.24, 2.45) is 0 Å². The summed E-state index contributed by atoms with van der Waals surface area (Å²) in [4.78, 5) is 11.9. The monoisotopic (exact) mass is 340 g/mol. The van der Waals surface area contributed by atoms with Gasteiger partial charge in [-0.2, -0.15) is 4.31 Å². The third-order valence-electron chi connectivity index (χ3n) is 3.35. The Balaban J connectivity index is 1.98. The van der Waals surface area contributed by atoms with Gasteiger partial charge in [0.1, 0.15) is 0 Å². The Hall–Kier alpha value is -1.31. The molecule has 1 aromatic carbocycles. The molecule has 0 aliphatic heterocycles. The number of sulfonamides is 1. The molecule has 120 valence electrons. The van der Waals surface area contributed by atoms with E-state index in [-0.39, 0.29) is 16.8 Å². The number of carbonyl (C=O) groups is 1. The van der Waals surface area contributed by atoms with E-state index in [1.54, 1.807) is 25.3 Å². The maximum Gasteiger partial charge on any atom is 0.243 e. The summed E-state index contributed by atoms with van der Waals surface area (Å²) in [5.74, 6) is 0.951. The van der Waals surface area contributed by atoms with Gasteiger partial charge < -0.3 is 5.32 Å². The predicted molar refractivity (Wildman–Crippen MR) is 90.6 cm³/mol. The van der Waals surface area contributed by atoms with Crippen LogP contribution in [0.5, 0.6) is 0 Å². The fraction of sp³-hybridized carbons (Fsp3) is 0.400. The molecular formula is C15H20N2O3S2. The van der Waals surface area contributed by atoms with Crippen LogP contribution in [0.25, 0.3) is 0 Å². The summed E-state index contributed by atoms with van der Waals surface area (Å²) in [6.45, 7) is 3.59. The molecule has 1 saturated carbocycles. The summed E-state index contributed by atoms with van der Waals surface area (Å²) in [7, 11) is -1.82. The average molecular weight is 340 g/mol. The zero-order valence-electron chi connectivity index (χ0n) is 12.5. The number of nitrogens with zero attached hydrogens (tertiary/aromatic N) is 1. The van der Waals surface area contributed by atoms with Gasteiger partial charge in [0, 0.05) is 24.5 Å². The van der Waals surface area contributed by atoms with Gasteiger partial charge in [-0.25, -0.2) is 8.42 Å². The largest absolute Gasteiger partial charge is 0.325 e. The van der Waals surface area contributed by atoms with E-state index in [4.69, 9.17) is 0 Å². The summed E-state index contributed by atoms with van der Waals surface area (Å²) in [5.41, 5.74) is 0.595. The van der Waals surface area contributed by atoms with E-state index < -0.39 is 10.0 Å². The van der Waals surface area contributed by atoms with Crippen LogP contribution in [0.4, 0.5) is 5.69 Å². The lowest BCUT2D eigenvalue weighted by molar-refractivity contribution is -0.113. The van der Waals surface area contributed by atoms with Crippen molar-refractivity contribution >= 4 is 33.4 Å². The molecule has 1 N–H and O–H groups in total. The average Bonchev–Trinajstić information content (AvgIpc) is 3.32. The van der Waals surface area contributed by atoms with Crippen molar-refractivity contribution < 1.29 is 13.2 Å². The molecule has 7 heteroatoms. The second kappa shape index (κ2) is 7.30.